The first-order valence-corrected chi connectivity index (χ1v) is 7.83. The summed E-state index contributed by atoms with van der Waals surface area (Å²) in [7, 11) is 0. The molecule has 1 fully saturated rings. The molecule has 0 atom stereocenters. The van der Waals surface area contributed by atoms with Gasteiger partial charge in [0.05, 0.1) is 12.2 Å². The molecule has 0 radical (unpaired) electrons. The van der Waals surface area contributed by atoms with Crippen LogP contribution in [0.3, 0.4) is 0 Å². The van der Waals surface area contributed by atoms with Crippen molar-refractivity contribution in [3.8, 4) is 11.3 Å². The Balaban J connectivity index is 1.62. The highest BCUT2D eigenvalue weighted by Gasteiger charge is 2.23. The Bertz CT molecular complexity index is 672. The molecular formula is C15H15N3O3S. The van der Waals surface area contributed by atoms with Gasteiger partial charge in [0, 0.05) is 23.7 Å². The number of nitrogens with one attached hydrogen (secondary N) is 1. The van der Waals surface area contributed by atoms with E-state index in [2.05, 4.69) is 10.3 Å². The average Bonchev–Trinajstić information content (AvgIpc) is 3.18. The first kappa shape index (κ1) is 14.5. The summed E-state index contributed by atoms with van der Waals surface area (Å²) in [5.41, 5.74) is 2.85. The minimum atomic E-state index is -0.435. The van der Waals surface area contributed by atoms with Gasteiger partial charge in [0.15, 0.2) is 0 Å². The number of aromatic nitrogens is 1. The number of thiophene rings is 1. The van der Waals surface area contributed by atoms with E-state index in [4.69, 9.17) is 4.74 Å². The maximum Gasteiger partial charge on any atom is 0.410 e. The number of hydrogen-bond donors (Lipinski definition) is 1. The molecule has 1 N–H and O–H groups in total. The molecule has 7 heteroatoms. The van der Waals surface area contributed by atoms with Crippen molar-refractivity contribution in [2.45, 2.75) is 6.54 Å². The van der Waals surface area contributed by atoms with Crippen LogP contribution in [0.15, 0.2) is 35.2 Å². The van der Waals surface area contributed by atoms with Crippen molar-refractivity contribution < 1.29 is 14.3 Å². The SMILES string of the molecule is O=C(CN1CCOC1=O)NCc1cccnc1-c1ccsc1. The average molecular weight is 317 g/mol. The lowest BCUT2D eigenvalue weighted by Gasteiger charge is -2.13. The van der Waals surface area contributed by atoms with E-state index in [0.717, 1.165) is 16.8 Å². The zero-order chi connectivity index (χ0) is 15.4. The molecule has 0 unspecified atom stereocenters. The van der Waals surface area contributed by atoms with E-state index in [1.165, 1.54) is 4.90 Å². The van der Waals surface area contributed by atoms with Crippen molar-refractivity contribution in [2.24, 2.45) is 0 Å². The summed E-state index contributed by atoms with van der Waals surface area (Å²) >= 11 is 1.60. The molecule has 3 heterocycles. The Morgan fingerprint density at radius 2 is 2.36 bits per heavy atom. The number of rotatable bonds is 5. The topological polar surface area (TPSA) is 71.5 Å². The summed E-state index contributed by atoms with van der Waals surface area (Å²) in [6.07, 6.45) is 1.30. The van der Waals surface area contributed by atoms with Gasteiger partial charge in [-0.2, -0.15) is 11.3 Å². The molecule has 6 nitrogen and oxygen atoms in total. The Morgan fingerprint density at radius 3 is 3.09 bits per heavy atom. The van der Waals surface area contributed by atoms with Crippen molar-refractivity contribution in [1.82, 2.24) is 15.2 Å². The van der Waals surface area contributed by atoms with Crippen LogP contribution >= 0.6 is 11.3 Å². The number of hydrogen-bond acceptors (Lipinski definition) is 5. The molecule has 1 aliphatic rings. The largest absolute Gasteiger partial charge is 0.448 e. The van der Waals surface area contributed by atoms with Crippen LogP contribution in [0.4, 0.5) is 4.79 Å². The van der Waals surface area contributed by atoms with Gasteiger partial charge in [0.25, 0.3) is 0 Å². The second-order valence-electron chi connectivity index (χ2n) is 4.84. The van der Waals surface area contributed by atoms with E-state index in [1.807, 2.05) is 29.0 Å². The van der Waals surface area contributed by atoms with Crippen LogP contribution in [-0.2, 0) is 16.1 Å². The number of cyclic esters (lactones) is 1. The van der Waals surface area contributed by atoms with Crippen LogP contribution in [0.1, 0.15) is 5.56 Å². The maximum atomic E-state index is 11.9. The van der Waals surface area contributed by atoms with Crippen molar-refractivity contribution in [3.05, 3.63) is 40.7 Å². The highest BCUT2D eigenvalue weighted by Crippen LogP contribution is 2.23. The van der Waals surface area contributed by atoms with Gasteiger partial charge in [-0.15, -0.1) is 0 Å². The molecule has 0 saturated carbocycles. The fraction of sp³-hybridized carbons (Fsp3) is 0.267. The Kier molecular flexibility index (Phi) is 4.34. The fourth-order valence-electron chi connectivity index (χ4n) is 2.23. The van der Waals surface area contributed by atoms with Gasteiger partial charge in [-0.25, -0.2) is 4.79 Å². The number of ether oxygens (including phenoxy) is 1. The van der Waals surface area contributed by atoms with Crippen molar-refractivity contribution in [1.29, 1.82) is 0 Å². The van der Waals surface area contributed by atoms with E-state index in [-0.39, 0.29) is 12.5 Å². The monoisotopic (exact) mass is 317 g/mol. The fourth-order valence-corrected chi connectivity index (χ4v) is 2.87. The Hall–Kier alpha value is -2.41. The molecule has 0 aromatic carbocycles. The van der Waals surface area contributed by atoms with Crippen molar-refractivity contribution in [2.75, 3.05) is 19.7 Å². The number of carbonyl (C=O) groups is 2. The number of nitrogens with zero attached hydrogens (tertiary/aromatic N) is 2. The lowest BCUT2D eigenvalue weighted by atomic mass is 10.1. The normalized spacial score (nSPS) is 14.0. The smallest absolute Gasteiger partial charge is 0.410 e. The first-order chi connectivity index (χ1) is 10.7. The van der Waals surface area contributed by atoms with Gasteiger partial charge in [0.1, 0.15) is 13.2 Å². The molecule has 2 aromatic rings. The summed E-state index contributed by atoms with van der Waals surface area (Å²) in [6, 6.07) is 5.78. The van der Waals surface area contributed by atoms with E-state index in [0.29, 0.717) is 19.7 Å². The van der Waals surface area contributed by atoms with Gasteiger partial charge in [-0.05, 0) is 23.1 Å². The molecule has 0 bridgehead atoms. The quantitative estimate of drug-likeness (QED) is 0.914. The molecule has 2 amide bonds. The number of amides is 2. The molecule has 22 heavy (non-hydrogen) atoms. The summed E-state index contributed by atoms with van der Waals surface area (Å²) in [5.74, 6) is -0.209. The molecule has 0 aliphatic carbocycles. The van der Waals surface area contributed by atoms with Gasteiger partial charge in [0.2, 0.25) is 5.91 Å². The van der Waals surface area contributed by atoms with E-state index in [9.17, 15) is 9.59 Å². The second kappa shape index (κ2) is 6.57. The van der Waals surface area contributed by atoms with Crippen LogP contribution in [0, 0.1) is 0 Å². The molecule has 0 spiro atoms. The first-order valence-electron chi connectivity index (χ1n) is 6.89. The summed E-state index contributed by atoms with van der Waals surface area (Å²) in [6.45, 7) is 1.20. The molecule has 114 valence electrons. The molecule has 1 saturated heterocycles. The van der Waals surface area contributed by atoms with E-state index in [1.54, 1.807) is 17.5 Å². The molecule has 3 rings (SSSR count). The minimum Gasteiger partial charge on any atom is -0.448 e. The van der Waals surface area contributed by atoms with Gasteiger partial charge in [-0.1, -0.05) is 6.07 Å². The molecule has 1 aliphatic heterocycles. The third-order valence-electron chi connectivity index (χ3n) is 3.34. The van der Waals surface area contributed by atoms with Crippen LogP contribution in [0.2, 0.25) is 0 Å². The zero-order valence-electron chi connectivity index (χ0n) is 11.8. The van der Waals surface area contributed by atoms with Gasteiger partial charge < -0.3 is 10.1 Å². The standard InChI is InChI=1S/C15H15N3O3S/c19-13(9-18-5-6-21-15(18)20)17-8-11-2-1-4-16-14(11)12-3-7-22-10-12/h1-4,7,10H,5-6,8-9H2,(H,17,19). The van der Waals surface area contributed by atoms with E-state index >= 15 is 0 Å². The highest BCUT2D eigenvalue weighted by atomic mass is 32.1. The lowest BCUT2D eigenvalue weighted by Crippen LogP contribution is -2.37. The molecule has 2 aromatic heterocycles. The molecular weight excluding hydrogens is 302 g/mol. The van der Waals surface area contributed by atoms with Crippen molar-refractivity contribution >= 4 is 23.3 Å². The summed E-state index contributed by atoms with van der Waals surface area (Å²) < 4.78 is 4.80. The Labute approximate surface area is 131 Å². The van der Waals surface area contributed by atoms with Crippen LogP contribution in [-0.4, -0.2) is 41.6 Å². The summed E-state index contributed by atoms with van der Waals surface area (Å²) in [5, 5.41) is 6.84. The minimum absolute atomic E-state index is 0.0207. The maximum absolute atomic E-state index is 11.9. The van der Waals surface area contributed by atoms with Gasteiger partial charge in [-0.3, -0.25) is 14.7 Å². The van der Waals surface area contributed by atoms with Crippen LogP contribution < -0.4 is 5.32 Å². The van der Waals surface area contributed by atoms with Crippen LogP contribution in [0.5, 0.6) is 0 Å². The van der Waals surface area contributed by atoms with Crippen molar-refractivity contribution in [3.63, 3.8) is 0 Å². The third-order valence-corrected chi connectivity index (χ3v) is 4.02. The summed E-state index contributed by atoms with van der Waals surface area (Å²) in [4.78, 5) is 29.0. The van der Waals surface area contributed by atoms with Crippen LogP contribution in [0.25, 0.3) is 11.3 Å². The third kappa shape index (κ3) is 3.25. The predicted molar refractivity (Wildman–Crippen MR) is 82.3 cm³/mol. The highest BCUT2D eigenvalue weighted by molar-refractivity contribution is 7.08. The van der Waals surface area contributed by atoms with E-state index < -0.39 is 6.09 Å². The lowest BCUT2D eigenvalue weighted by molar-refractivity contribution is -0.121. The number of carbonyl (C=O) groups excluding carboxylic acids is 2. The van der Waals surface area contributed by atoms with Gasteiger partial charge >= 0.3 is 6.09 Å². The zero-order valence-corrected chi connectivity index (χ0v) is 12.6. The second-order valence-corrected chi connectivity index (χ2v) is 5.62. The predicted octanol–water partition coefficient (Wildman–Crippen LogP) is 1.88. The number of pyridine rings is 1. The Morgan fingerprint density at radius 1 is 1.45 bits per heavy atom.